The van der Waals surface area contributed by atoms with E-state index in [0.717, 1.165) is 30.1 Å². The first-order valence-electron chi connectivity index (χ1n) is 8.21. The monoisotopic (exact) mass is 550 g/mol. The summed E-state index contributed by atoms with van der Waals surface area (Å²) >= 11 is 11.1. The van der Waals surface area contributed by atoms with Gasteiger partial charge in [-0.25, -0.2) is 0 Å². The predicted molar refractivity (Wildman–Crippen MR) is 118 cm³/mol. The molecule has 0 fully saturated rings. The van der Waals surface area contributed by atoms with E-state index < -0.39 is 0 Å². The Hall–Kier alpha value is -0.240. The van der Waals surface area contributed by atoms with Crippen LogP contribution in [0.5, 0.6) is 0 Å². The normalized spacial score (nSPS) is 13.3. The van der Waals surface area contributed by atoms with Crippen molar-refractivity contribution in [1.82, 2.24) is 0 Å². The lowest BCUT2D eigenvalue weighted by Crippen LogP contribution is -2.11. The fourth-order valence-corrected chi connectivity index (χ4v) is 4.70. The summed E-state index contributed by atoms with van der Waals surface area (Å²) in [6.45, 7) is 16.9. The molecule has 0 aliphatic heterocycles. The highest BCUT2D eigenvalue weighted by Crippen LogP contribution is 2.40. The van der Waals surface area contributed by atoms with Gasteiger partial charge >= 0.3 is 0 Å². The van der Waals surface area contributed by atoms with E-state index in [4.69, 9.17) is 14.2 Å². The number of ether oxygens (including phenoxy) is 3. The van der Waals surface area contributed by atoms with Gasteiger partial charge in [0.15, 0.2) is 0 Å². The van der Waals surface area contributed by atoms with Crippen molar-refractivity contribution >= 4 is 47.8 Å². The van der Waals surface area contributed by atoms with Gasteiger partial charge in [0.1, 0.15) is 0 Å². The summed E-state index contributed by atoms with van der Waals surface area (Å²) in [4.78, 5) is 0. The van der Waals surface area contributed by atoms with Crippen LogP contribution in [0.25, 0.3) is 0 Å². The first kappa shape index (κ1) is 23.8. The average Bonchev–Trinajstić information content (AvgIpc) is 2.63. The van der Waals surface area contributed by atoms with Crippen LogP contribution >= 0.6 is 47.8 Å². The largest absolute Gasteiger partial charge is 0.373 e. The van der Waals surface area contributed by atoms with Gasteiger partial charge < -0.3 is 14.2 Å². The minimum absolute atomic E-state index is 0.0431. The summed E-state index contributed by atoms with van der Waals surface area (Å²) < 4.78 is 20.2. The van der Waals surface area contributed by atoms with Crippen LogP contribution in [0.15, 0.2) is 51.4 Å². The molecule has 0 aromatic heterocycles. The molecule has 2 atom stereocenters. The molecular formula is C20H25Br3O3. The third-order valence-electron chi connectivity index (χ3n) is 3.72. The quantitative estimate of drug-likeness (QED) is 0.209. The Balaban J connectivity index is 3.27. The molecule has 0 saturated carbocycles. The second-order valence-corrected chi connectivity index (χ2v) is 8.06. The number of hydrogen-bond donors (Lipinski definition) is 0. The zero-order valence-electron chi connectivity index (χ0n) is 15.2. The van der Waals surface area contributed by atoms with E-state index in [-0.39, 0.29) is 12.2 Å². The molecule has 3 nitrogen and oxygen atoms in total. The molecule has 0 N–H and O–H groups in total. The maximum absolute atomic E-state index is 5.85. The number of halogens is 3. The van der Waals surface area contributed by atoms with Crippen molar-refractivity contribution in [3.8, 4) is 0 Å². The van der Waals surface area contributed by atoms with Crippen LogP contribution in [0.2, 0.25) is 0 Å². The lowest BCUT2D eigenvalue weighted by molar-refractivity contribution is 0.0791. The van der Waals surface area contributed by atoms with Crippen molar-refractivity contribution in [2.75, 3.05) is 6.61 Å². The second-order valence-electron chi connectivity index (χ2n) is 5.69. The van der Waals surface area contributed by atoms with Gasteiger partial charge in [-0.1, -0.05) is 18.2 Å². The van der Waals surface area contributed by atoms with E-state index in [9.17, 15) is 0 Å². The van der Waals surface area contributed by atoms with Gasteiger partial charge in [-0.2, -0.15) is 0 Å². The van der Waals surface area contributed by atoms with Gasteiger partial charge in [0.25, 0.3) is 0 Å². The number of hydrogen-bond acceptors (Lipinski definition) is 3. The van der Waals surface area contributed by atoms with Crippen molar-refractivity contribution in [2.45, 2.75) is 45.9 Å². The maximum atomic E-state index is 5.85. The van der Waals surface area contributed by atoms with Gasteiger partial charge in [-0.15, -0.1) is 19.7 Å². The molecule has 26 heavy (non-hydrogen) atoms. The fraction of sp³-hybridized carbons (Fsp3) is 0.400. The van der Waals surface area contributed by atoms with Crippen LogP contribution in [0.4, 0.5) is 0 Å². The number of benzene rings is 1. The van der Waals surface area contributed by atoms with Crippen molar-refractivity contribution in [3.05, 3.63) is 68.1 Å². The zero-order chi connectivity index (χ0) is 19.7. The van der Waals surface area contributed by atoms with E-state index in [0.29, 0.717) is 26.4 Å². The first-order chi connectivity index (χ1) is 12.4. The summed E-state index contributed by atoms with van der Waals surface area (Å²) in [5.41, 5.74) is 3.01. The van der Waals surface area contributed by atoms with E-state index >= 15 is 0 Å². The van der Waals surface area contributed by atoms with E-state index in [1.807, 2.05) is 13.8 Å². The lowest BCUT2D eigenvalue weighted by Gasteiger charge is -2.21. The van der Waals surface area contributed by atoms with E-state index in [2.05, 4.69) is 67.5 Å². The van der Waals surface area contributed by atoms with Crippen molar-refractivity contribution in [3.63, 3.8) is 0 Å². The van der Waals surface area contributed by atoms with Gasteiger partial charge in [0.2, 0.25) is 0 Å². The zero-order valence-corrected chi connectivity index (χ0v) is 20.0. The summed E-state index contributed by atoms with van der Waals surface area (Å²) in [6, 6.07) is 0. The molecule has 1 rings (SSSR count). The molecule has 0 spiro atoms. The molecule has 0 heterocycles. The van der Waals surface area contributed by atoms with Crippen LogP contribution < -0.4 is 0 Å². The Morgan fingerprint density at radius 1 is 0.769 bits per heavy atom. The average molecular weight is 553 g/mol. The Labute approximate surface area is 181 Å². The predicted octanol–water partition coefficient (Wildman–Crippen LogP) is 6.86. The highest BCUT2D eigenvalue weighted by Gasteiger charge is 2.21. The Morgan fingerprint density at radius 2 is 1.15 bits per heavy atom. The molecule has 0 unspecified atom stereocenters. The third-order valence-corrected chi connectivity index (χ3v) is 6.59. The van der Waals surface area contributed by atoms with Crippen molar-refractivity contribution in [1.29, 1.82) is 0 Å². The van der Waals surface area contributed by atoms with Crippen molar-refractivity contribution in [2.24, 2.45) is 0 Å². The first-order valence-corrected chi connectivity index (χ1v) is 10.6. The molecular weight excluding hydrogens is 528 g/mol. The van der Waals surface area contributed by atoms with Crippen LogP contribution in [0, 0.1) is 0 Å². The maximum Gasteiger partial charge on any atom is 0.0747 e. The lowest BCUT2D eigenvalue weighted by atomic mass is 10.1. The second kappa shape index (κ2) is 12.3. The smallest absolute Gasteiger partial charge is 0.0747 e. The molecule has 0 radical (unpaired) electrons. The van der Waals surface area contributed by atoms with Gasteiger partial charge in [-0.3, -0.25) is 0 Å². The molecule has 0 aliphatic rings. The number of rotatable bonds is 12. The topological polar surface area (TPSA) is 27.7 Å². The SMILES string of the molecule is C=CCOCc1c(Br)c(CO[C@H](C)C=C)c(Br)c(CO[C@H](C)C=C)c1Br. The van der Waals surface area contributed by atoms with Crippen molar-refractivity contribution < 1.29 is 14.2 Å². The van der Waals surface area contributed by atoms with Gasteiger partial charge in [0.05, 0.1) is 38.6 Å². The molecule has 0 bridgehead atoms. The van der Waals surface area contributed by atoms with Crippen LogP contribution in [-0.4, -0.2) is 18.8 Å². The highest BCUT2D eigenvalue weighted by molar-refractivity contribution is 9.11. The van der Waals surface area contributed by atoms with E-state index in [1.165, 1.54) is 0 Å². The molecule has 1 aromatic rings. The summed E-state index contributed by atoms with van der Waals surface area (Å²) in [5, 5.41) is 0. The standard InChI is InChI=1S/C20H25Br3O3/c1-6-9-24-10-15-18(21)16(11-25-13(4)7-2)20(23)17(19(15)22)12-26-14(5)8-3/h6-8,13-14H,1-3,9-12H2,4-5H3/t13-,14-/m1/s1. The fourth-order valence-electron chi connectivity index (χ4n) is 2.03. The molecule has 6 heteroatoms. The van der Waals surface area contributed by atoms with Crippen LogP contribution in [0.3, 0.4) is 0 Å². The summed E-state index contributed by atoms with van der Waals surface area (Å²) in [7, 11) is 0. The van der Waals surface area contributed by atoms with Gasteiger partial charge in [-0.05, 0) is 61.6 Å². The molecule has 1 aromatic carbocycles. The molecule has 0 amide bonds. The Bertz CT molecular complexity index is 599. The molecule has 0 saturated heterocycles. The Kier molecular flexibility index (Phi) is 11.2. The van der Waals surface area contributed by atoms with Crippen LogP contribution in [0.1, 0.15) is 30.5 Å². The Morgan fingerprint density at radius 3 is 1.50 bits per heavy atom. The minimum atomic E-state index is -0.0431. The van der Waals surface area contributed by atoms with Gasteiger partial charge in [0, 0.05) is 30.1 Å². The highest BCUT2D eigenvalue weighted by atomic mass is 79.9. The molecule has 0 aliphatic carbocycles. The van der Waals surface area contributed by atoms with Crippen LogP contribution in [-0.2, 0) is 34.0 Å². The minimum Gasteiger partial charge on any atom is -0.373 e. The van der Waals surface area contributed by atoms with E-state index in [1.54, 1.807) is 18.2 Å². The third kappa shape index (κ3) is 6.73. The summed E-state index contributed by atoms with van der Waals surface area (Å²) in [5.74, 6) is 0. The summed E-state index contributed by atoms with van der Waals surface area (Å²) in [6.07, 6.45) is 5.18. The molecule has 144 valence electrons.